The maximum atomic E-state index is 13.0. The van der Waals surface area contributed by atoms with Crippen LogP contribution in [0.15, 0.2) is 41.5 Å². The Morgan fingerprint density at radius 3 is 2.70 bits per heavy atom. The highest BCUT2D eigenvalue weighted by molar-refractivity contribution is 5.93. The van der Waals surface area contributed by atoms with E-state index in [0.717, 1.165) is 36.6 Å². The van der Waals surface area contributed by atoms with Crippen molar-refractivity contribution in [1.82, 2.24) is 14.5 Å². The SMILES string of the molecule is Cc1ccnc(Nc2cc3ccn(CCO)c(=O)c3c(NC3CCC(O)CC3)n2)c1. The quantitative estimate of drug-likeness (QED) is 0.495. The van der Waals surface area contributed by atoms with Crippen LogP contribution in [0.1, 0.15) is 31.2 Å². The van der Waals surface area contributed by atoms with E-state index < -0.39 is 0 Å². The third kappa shape index (κ3) is 4.44. The summed E-state index contributed by atoms with van der Waals surface area (Å²) in [5.74, 6) is 1.79. The molecule has 1 aliphatic rings. The molecule has 0 bridgehead atoms. The maximum absolute atomic E-state index is 13.0. The van der Waals surface area contributed by atoms with Gasteiger partial charge < -0.3 is 25.4 Å². The summed E-state index contributed by atoms with van der Waals surface area (Å²) < 4.78 is 1.50. The molecular formula is C22H27N5O3. The molecule has 3 aromatic heterocycles. The van der Waals surface area contributed by atoms with E-state index in [0.29, 0.717) is 22.8 Å². The lowest BCUT2D eigenvalue weighted by molar-refractivity contribution is 0.126. The number of hydrogen-bond donors (Lipinski definition) is 4. The largest absolute Gasteiger partial charge is 0.395 e. The normalized spacial score (nSPS) is 19.0. The van der Waals surface area contributed by atoms with Crippen molar-refractivity contribution in [2.45, 2.75) is 51.3 Å². The molecule has 3 aromatic rings. The van der Waals surface area contributed by atoms with Crippen molar-refractivity contribution in [3.05, 3.63) is 52.6 Å². The van der Waals surface area contributed by atoms with Gasteiger partial charge in [0.1, 0.15) is 17.5 Å². The van der Waals surface area contributed by atoms with Gasteiger partial charge in [0.05, 0.1) is 18.1 Å². The number of rotatable bonds is 6. The van der Waals surface area contributed by atoms with Gasteiger partial charge >= 0.3 is 0 Å². The van der Waals surface area contributed by atoms with Gasteiger partial charge in [0, 0.05) is 25.0 Å². The summed E-state index contributed by atoms with van der Waals surface area (Å²) in [5.41, 5.74) is 0.895. The first kappa shape index (κ1) is 20.3. The maximum Gasteiger partial charge on any atom is 0.262 e. The Labute approximate surface area is 174 Å². The number of pyridine rings is 3. The van der Waals surface area contributed by atoms with Gasteiger partial charge in [-0.05, 0) is 67.8 Å². The van der Waals surface area contributed by atoms with Gasteiger partial charge in [-0.25, -0.2) is 9.97 Å². The van der Waals surface area contributed by atoms with E-state index >= 15 is 0 Å². The van der Waals surface area contributed by atoms with Gasteiger partial charge in [0.25, 0.3) is 5.56 Å². The van der Waals surface area contributed by atoms with Crippen LogP contribution in [-0.2, 0) is 6.54 Å². The molecule has 158 valence electrons. The van der Waals surface area contributed by atoms with Crippen LogP contribution in [0, 0.1) is 6.92 Å². The first-order valence-electron chi connectivity index (χ1n) is 10.3. The molecule has 0 radical (unpaired) electrons. The summed E-state index contributed by atoms with van der Waals surface area (Å²) in [6, 6.07) is 7.69. The van der Waals surface area contributed by atoms with Crippen molar-refractivity contribution < 1.29 is 10.2 Å². The Balaban J connectivity index is 1.75. The summed E-state index contributed by atoms with van der Waals surface area (Å²) in [7, 11) is 0. The zero-order valence-corrected chi connectivity index (χ0v) is 17.0. The number of anilines is 3. The first-order chi connectivity index (χ1) is 14.5. The Morgan fingerprint density at radius 1 is 1.17 bits per heavy atom. The third-order valence-corrected chi connectivity index (χ3v) is 5.51. The van der Waals surface area contributed by atoms with Crippen LogP contribution >= 0.6 is 0 Å². The lowest BCUT2D eigenvalue weighted by Gasteiger charge is -2.27. The lowest BCUT2D eigenvalue weighted by atomic mass is 9.93. The predicted molar refractivity (Wildman–Crippen MR) is 117 cm³/mol. The van der Waals surface area contributed by atoms with Crippen LogP contribution in [0.25, 0.3) is 10.8 Å². The monoisotopic (exact) mass is 409 g/mol. The number of fused-ring (bicyclic) bond motifs is 1. The van der Waals surface area contributed by atoms with Crippen LogP contribution in [0.2, 0.25) is 0 Å². The summed E-state index contributed by atoms with van der Waals surface area (Å²) >= 11 is 0. The fourth-order valence-electron chi connectivity index (χ4n) is 3.90. The molecule has 0 aromatic carbocycles. The summed E-state index contributed by atoms with van der Waals surface area (Å²) in [5, 5.41) is 27.0. The van der Waals surface area contributed by atoms with Gasteiger partial charge in [-0.2, -0.15) is 0 Å². The fourth-order valence-corrected chi connectivity index (χ4v) is 3.90. The molecule has 0 aliphatic heterocycles. The number of aryl methyl sites for hydroxylation is 1. The van der Waals surface area contributed by atoms with E-state index in [4.69, 9.17) is 4.98 Å². The van der Waals surface area contributed by atoms with E-state index in [1.807, 2.05) is 31.2 Å². The van der Waals surface area contributed by atoms with Gasteiger partial charge in [0.15, 0.2) is 0 Å². The van der Waals surface area contributed by atoms with Crippen LogP contribution in [-0.4, -0.2) is 43.5 Å². The molecule has 1 saturated carbocycles. The topological polar surface area (TPSA) is 112 Å². The van der Waals surface area contributed by atoms with Crippen LogP contribution in [0.3, 0.4) is 0 Å². The summed E-state index contributed by atoms with van der Waals surface area (Å²) in [6.45, 7) is 2.12. The standard InChI is InChI=1S/C22H27N5O3/c1-14-6-8-23-18(12-14)25-19-13-15-7-9-27(10-11-28)22(30)20(15)21(26-19)24-16-2-4-17(29)5-3-16/h6-9,12-13,16-17,28-29H,2-5,10-11H2,1H3,(H2,23,24,25,26). The van der Waals surface area contributed by atoms with Crippen molar-refractivity contribution in [3.63, 3.8) is 0 Å². The highest BCUT2D eigenvalue weighted by Crippen LogP contribution is 2.27. The molecule has 8 heteroatoms. The average Bonchev–Trinajstić information content (AvgIpc) is 2.72. The molecule has 8 nitrogen and oxygen atoms in total. The van der Waals surface area contributed by atoms with Crippen LogP contribution in [0.4, 0.5) is 17.5 Å². The molecule has 30 heavy (non-hydrogen) atoms. The van der Waals surface area contributed by atoms with E-state index in [2.05, 4.69) is 15.6 Å². The minimum Gasteiger partial charge on any atom is -0.395 e. The fraction of sp³-hybridized carbons (Fsp3) is 0.409. The van der Waals surface area contributed by atoms with E-state index in [1.54, 1.807) is 12.4 Å². The Kier molecular flexibility index (Phi) is 5.96. The number of nitrogens with one attached hydrogen (secondary N) is 2. The van der Waals surface area contributed by atoms with E-state index in [-0.39, 0.29) is 30.9 Å². The number of aromatic nitrogens is 3. The molecule has 1 fully saturated rings. The zero-order chi connectivity index (χ0) is 21.1. The Morgan fingerprint density at radius 2 is 1.97 bits per heavy atom. The summed E-state index contributed by atoms with van der Waals surface area (Å²) in [6.07, 6.45) is 6.27. The Hall–Kier alpha value is -2.97. The minimum atomic E-state index is -0.255. The van der Waals surface area contributed by atoms with Gasteiger partial charge in [-0.1, -0.05) is 0 Å². The van der Waals surface area contributed by atoms with Crippen molar-refractivity contribution >= 4 is 28.2 Å². The number of aliphatic hydroxyl groups is 2. The van der Waals surface area contributed by atoms with Gasteiger partial charge in [0.2, 0.25) is 0 Å². The lowest BCUT2D eigenvalue weighted by Crippen LogP contribution is -2.30. The van der Waals surface area contributed by atoms with Gasteiger partial charge in [-0.3, -0.25) is 4.79 Å². The molecule has 0 spiro atoms. The van der Waals surface area contributed by atoms with Crippen molar-refractivity contribution in [1.29, 1.82) is 0 Å². The molecule has 4 N–H and O–H groups in total. The molecule has 0 atom stereocenters. The second-order valence-electron chi connectivity index (χ2n) is 7.85. The van der Waals surface area contributed by atoms with Crippen LogP contribution in [0.5, 0.6) is 0 Å². The van der Waals surface area contributed by atoms with E-state index in [1.165, 1.54) is 4.57 Å². The second-order valence-corrected chi connectivity index (χ2v) is 7.85. The highest BCUT2D eigenvalue weighted by Gasteiger charge is 2.21. The van der Waals surface area contributed by atoms with E-state index in [9.17, 15) is 15.0 Å². The first-order valence-corrected chi connectivity index (χ1v) is 10.3. The molecule has 1 aliphatic carbocycles. The number of aliphatic hydroxyl groups excluding tert-OH is 2. The average molecular weight is 409 g/mol. The molecule has 0 amide bonds. The van der Waals surface area contributed by atoms with Crippen molar-refractivity contribution in [3.8, 4) is 0 Å². The second kappa shape index (κ2) is 8.81. The minimum absolute atomic E-state index is 0.110. The molecule has 4 rings (SSSR count). The smallest absolute Gasteiger partial charge is 0.262 e. The van der Waals surface area contributed by atoms with Gasteiger partial charge in [-0.15, -0.1) is 0 Å². The number of nitrogens with zero attached hydrogens (tertiary/aromatic N) is 3. The number of hydrogen-bond acceptors (Lipinski definition) is 7. The predicted octanol–water partition coefficient (Wildman–Crippen LogP) is 2.55. The molecular weight excluding hydrogens is 382 g/mol. The molecule has 0 saturated heterocycles. The van der Waals surface area contributed by atoms with Crippen molar-refractivity contribution in [2.24, 2.45) is 0 Å². The molecule has 3 heterocycles. The summed E-state index contributed by atoms with van der Waals surface area (Å²) in [4.78, 5) is 22.1. The van der Waals surface area contributed by atoms with Crippen LogP contribution < -0.4 is 16.2 Å². The third-order valence-electron chi connectivity index (χ3n) is 5.51. The molecule has 0 unspecified atom stereocenters. The Bertz CT molecular complexity index is 1090. The van der Waals surface area contributed by atoms with Crippen molar-refractivity contribution in [2.75, 3.05) is 17.2 Å². The highest BCUT2D eigenvalue weighted by atomic mass is 16.3. The zero-order valence-electron chi connectivity index (χ0n) is 17.0.